The van der Waals surface area contributed by atoms with Gasteiger partial charge in [0.2, 0.25) is 0 Å². The minimum absolute atomic E-state index is 0.00602. The first kappa shape index (κ1) is 9.90. The molecule has 0 aliphatic heterocycles. The summed E-state index contributed by atoms with van der Waals surface area (Å²) < 4.78 is 0. The van der Waals surface area contributed by atoms with E-state index >= 15 is 0 Å². The highest BCUT2D eigenvalue weighted by Crippen LogP contribution is 1.99. The van der Waals surface area contributed by atoms with E-state index in [1.54, 1.807) is 0 Å². The molecule has 0 fully saturated rings. The molecule has 0 bridgehead atoms. The van der Waals surface area contributed by atoms with Crippen LogP contribution in [0.2, 0.25) is 0 Å². The van der Waals surface area contributed by atoms with Gasteiger partial charge in [-0.3, -0.25) is 0 Å². The fourth-order valence-electron chi connectivity index (χ4n) is 0.416. The third-order valence-corrected chi connectivity index (χ3v) is 1.44. The minimum Gasteiger partial charge on any atom is -0.389 e. The fourth-order valence-corrected chi connectivity index (χ4v) is 0.632. The number of hydrogen-bond acceptors (Lipinski definition) is 5. The Labute approximate surface area is 63.9 Å². The summed E-state index contributed by atoms with van der Waals surface area (Å²) in [6.07, 6.45) is -3.96. The van der Waals surface area contributed by atoms with E-state index in [2.05, 4.69) is 12.6 Å². The molecule has 60 valence electrons. The van der Waals surface area contributed by atoms with Crippen molar-refractivity contribution in [3.8, 4) is 0 Å². The number of rotatable bonds is 4. The van der Waals surface area contributed by atoms with E-state index in [1.807, 2.05) is 0 Å². The Morgan fingerprint density at radius 1 is 1.40 bits per heavy atom. The van der Waals surface area contributed by atoms with Crippen LogP contribution in [-0.4, -0.2) is 45.7 Å². The van der Waals surface area contributed by atoms with Gasteiger partial charge in [-0.25, -0.2) is 0 Å². The molecule has 0 aliphatic carbocycles. The predicted molar refractivity (Wildman–Crippen MR) is 37.9 cm³/mol. The van der Waals surface area contributed by atoms with Crippen molar-refractivity contribution in [3.63, 3.8) is 0 Å². The topological polar surface area (TPSA) is 77.8 Å². The van der Waals surface area contributed by atoms with E-state index in [-0.39, 0.29) is 12.0 Å². The molecular formula is C5H10O4S. The maximum absolute atomic E-state index is 9.82. The van der Waals surface area contributed by atoms with Crippen molar-refractivity contribution < 1.29 is 20.1 Å². The Hall–Kier alpha value is -0.100. The zero-order valence-corrected chi connectivity index (χ0v) is 6.11. The predicted octanol–water partition coefficient (Wildman–Crippen LogP) is -1.80. The number of carbonyl (C=O) groups excluding carboxylic acids is 1. The van der Waals surface area contributed by atoms with Gasteiger partial charge in [-0.05, 0) is 0 Å². The zero-order valence-electron chi connectivity index (χ0n) is 5.21. The number of hydrogen-bond donors (Lipinski definition) is 4. The van der Waals surface area contributed by atoms with Crippen LogP contribution in [0.3, 0.4) is 0 Å². The molecule has 5 heteroatoms. The van der Waals surface area contributed by atoms with Gasteiger partial charge in [0.05, 0.1) is 6.10 Å². The highest BCUT2D eigenvalue weighted by Gasteiger charge is 2.22. The summed E-state index contributed by atoms with van der Waals surface area (Å²) in [7, 11) is 0. The summed E-state index contributed by atoms with van der Waals surface area (Å²) >= 11 is 3.65. The number of aldehydes is 1. The molecule has 0 aromatic heterocycles. The summed E-state index contributed by atoms with van der Waals surface area (Å²) in [5.41, 5.74) is 0. The Bertz CT molecular complexity index is 108. The van der Waals surface area contributed by atoms with Crippen LogP contribution >= 0.6 is 12.6 Å². The van der Waals surface area contributed by atoms with Gasteiger partial charge in [0, 0.05) is 5.75 Å². The van der Waals surface area contributed by atoms with Gasteiger partial charge in [0.15, 0.2) is 6.29 Å². The van der Waals surface area contributed by atoms with E-state index in [9.17, 15) is 4.79 Å². The van der Waals surface area contributed by atoms with Crippen LogP contribution in [0.4, 0.5) is 0 Å². The lowest BCUT2D eigenvalue weighted by Crippen LogP contribution is -2.39. The minimum atomic E-state index is -1.53. The largest absolute Gasteiger partial charge is 0.389 e. The summed E-state index contributed by atoms with van der Waals surface area (Å²) in [6, 6.07) is 0. The average molecular weight is 166 g/mol. The highest BCUT2D eigenvalue weighted by atomic mass is 32.1. The lowest BCUT2D eigenvalue weighted by molar-refractivity contribution is -0.124. The molecule has 0 spiro atoms. The molecule has 10 heavy (non-hydrogen) atoms. The van der Waals surface area contributed by atoms with Crippen LogP contribution in [0.15, 0.2) is 0 Å². The average Bonchev–Trinajstić information content (AvgIpc) is 2.00. The molecule has 4 nitrogen and oxygen atoms in total. The quantitative estimate of drug-likeness (QED) is 0.293. The Balaban J connectivity index is 3.80. The Morgan fingerprint density at radius 3 is 2.20 bits per heavy atom. The van der Waals surface area contributed by atoms with Gasteiger partial charge in [-0.1, -0.05) is 0 Å². The Kier molecular flexibility index (Phi) is 4.63. The zero-order chi connectivity index (χ0) is 8.15. The van der Waals surface area contributed by atoms with Gasteiger partial charge in [0.1, 0.15) is 12.2 Å². The molecule has 3 atom stereocenters. The van der Waals surface area contributed by atoms with E-state index in [1.165, 1.54) is 0 Å². The summed E-state index contributed by atoms with van der Waals surface area (Å²) in [5.74, 6) is 0.00602. The maximum Gasteiger partial charge on any atom is 0.151 e. The highest BCUT2D eigenvalue weighted by molar-refractivity contribution is 7.80. The molecule has 0 aliphatic rings. The molecule has 0 aromatic carbocycles. The lowest BCUT2D eigenvalue weighted by atomic mass is 10.1. The standard InChI is InChI=1S/C5H10O4S/c6-1-3(7)5(9)4(8)2-10/h1,3-5,7-10H,2H2/t3-,4-,5+/m1/s1. The Morgan fingerprint density at radius 2 is 1.90 bits per heavy atom. The SMILES string of the molecule is O=C[C@@H](O)[C@H](O)[C@H](O)CS. The summed E-state index contributed by atoms with van der Waals surface area (Å²) in [6.45, 7) is 0. The van der Waals surface area contributed by atoms with Gasteiger partial charge in [-0.2, -0.15) is 12.6 Å². The van der Waals surface area contributed by atoms with Crippen LogP contribution in [0.5, 0.6) is 0 Å². The first-order valence-electron chi connectivity index (χ1n) is 2.73. The number of aliphatic hydroxyl groups is 3. The number of thiol groups is 1. The van der Waals surface area contributed by atoms with Crippen molar-refractivity contribution in [2.45, 2.75) is 18.3 Å². The van der Waals surface area contributed by atoms with Crippen molar-refractivity contribution >= 4 is 18.9 Å². The second kappa shape index (κ2) is 4.68. The van der Waals surface area contributed by atoms with E-state index < -0.39 is 18.3 Å². The summed E-state index contributed by atoms with van der Waals surface area (Å²) in [5, 5.41) is 26.2. The summed E-state index contributed by atoms with van der Waals surface area (Å²) in [4.78, 5) is 9.82. The van der Waals surface area contributed by atoms with Crippen LogP contribution in [-0.2, 0) is 4.79 Å². The second-order valence-corrected chi connectivity index (χ2v) is 2.23. The number of aliphatic hydroxyl groups excluding tert-OH is 3. The molecule has 3 N–H and O–H groups in total. The maximum atomic E-state index is 9.82. The normalized spacial score (nSPS) is 19.6. The van der Waals surface area contributed by atoms with Crippen LogP contribution in [0, 0.1) is 0 Å². The monoisotopic (exact) mass is 166 g/mol. The van der Waals surface area contributed by atoms with Crippen molar-refractivity contribution in [2.75, 3.05) is 5.75 Å². The van der Waals surface area contributed by atoms with Crippen molar-refractivity contribution in [3.05, 3.63) is 0 Å². The fraction of sp³-hybridized carbons (Fsp3) is 0.800. The van der Waals surface area contributed by atoms with Gasteiger partial charge in [0.25, 0.3) is 0 Å². The molecule has 0 saturated heterocycles. The molecule has 0 rings (SSSR count). The van der Waals surface area contributed by atoms with Crippen molar-refractivity contribution in [1.82, 2.24) is 0 Å². The molecule has 0 unspecified atom stereocenters. The third kappa shape index (κ3) is 2.66. The van der Waals surface area contributed by atoms with Crippen molar-refractivity contribution in [1.29, 1.82) is 0 Å². The molecule has 0 radical (unpaired) electrons. The molecule has 0 aromatic rings. The van der Waals surface area contributed by atoms with Gasteiger partial charge < -0.3 is 20.1 Å². The lowest BCUT2D eigenvalue weighted by Gasteiger charge is -2.16. The van der Waals surface area contributed by atoms with E-state index in [0.717, 1.165) is 0 Å². The molecule has 0 saturated carbocycles. The van der Waals surface area contributed by atoms with E-state index in [0.29, 0.717) is 0 Å². The molecular weight excluding hydrogens is 156 g/mol. The van der Waals surface area contributed by atoms with Gasteiger partial charge >= 0.3 is 0 Å². The van der Waals surface area contributed by atoms with E-state index in [4.69, 9.17) is 15.3 Å². The van der Waals surface area contributed by atoms with Crippen LogP contribution in [0.1, 0.15) is 0 Å². The number of carbonyl (C=O) groups is 1. The van der Waals surface area contributed by atoms with Crippen LogP contribution < -0.4 is 0 Å². The first-order valence-corrected chi connectivity index (χ1v) is 3.37. The third-order valence-electron chi connectivity index (χ3n) is 1.07. The molecule has 0 heterocycles. The first-order chi connectivity index (χ1) is 4.63. The van der Waals surface area contributed by atoms with Crippen molar-refractivity contribution in [2.24, 2.45) is 0 Å². The molecule has 0 amide bonds. The van der Waals surface area contributed by atoms with Gasteiger partial charge in [-0.15, -0.1) is 0 Å². The second-order valence-electron chi connectivity index (χ2n) is 1.87. The smallest absolute Gasteiger partial charge is 0.151 e. The van der Waals surface area contributed by atoms with Crippen LogP contribution in [0.25, 0.3) is 0 Å².